The van der Waals surface area contributed by atoms with E-state index in [1.807, 2.05) is 28.3 Å². The van der Waals surface area contributed by atoms with E-state index in [0.29, 0.717) is 26.2 Å². The van der Waals surface area contributed by atoms with Crippen molar-refractivity contribution in [2.75, 3.05) is 46.4 Å². The molecule has 0 saturated carbocycles. The van der Waals surface area contributed by atoms with E-state index >= 15 is 0 Å². The number of aromatic nitrogens is 2. The zero-order chi connectivity index (χ0) is 16.1. The number of likely N-dealkylation sites (tertiary alicyclic amines) is 1. The normalized spacial score (nSPS) is 21.8. The SMILES string of the molecule is Cc1nccn1CC(=O)N1C[C@@H](CN(C)CCO)[C@@H](CO)C1. The fourth-order valence-electron chi connectivity index (χ4n) is 3.03. The lowest BCUT2D eigenvalue weighted by atomic mass is 9.96. The topological polar surface area (TPSA) is 81.8 Å². The maximum Gasteiger partial charge on any atom is 0.242 e. The van der Waals surface area contributed by atoms with Gasteiger partial charge in [0.2, 0.25) is 5.91 Å². The Hall–Kier alpha value is -1.44. The van der Waals surface area contributed by atoms with Gasteiger partial charge in [0.15, 0.2) is 0 Å². The van der Waals surface area contributed by atoms with Gasteiger partial charge in [-0.3, -0.25) is 4.79 Å². The van der Waals surface area contributed by atoms with Crippen LogP contribution in [0.15, 0.2) is 12.4 Å². The van der Waals surface area contributed by atoms with Crippen molar-refractivity contribution >= 4 is 5.91 Å². The van der Waals surface area contributed by atoms with Gasteiger partial charge in [0.05, 0.1) is 6.61 Å². The summed E-state index contributed by atoms with van der Waals surface area (Å²) in [4.78, 5) is 20.4. The van der Waals surface area contributed by atoms with Crippen molar-refractivity contribution < 1.29 is 15.0 Å². The number of carbonyl (C=O) groups is 1. The Labute approximate surface area is 131 Å². The van der Waals surface area contributed by atoms with E-state index in [1.54, 1.807) is 12.4 Å². The van der Waals surface area contributed by atoms with Gasteiger partial charge in [-0.1, -0.05) is 0 Å². The molecule has 7 heteroatoms. The fraction of sp³-hybridized carbons (Fsp3) is 0.733. The highest BCUT2D eigenvalue weighted by Gasteiger charge is 2.35. The third kappa shape index (κ3) is 4.06. The molecule has 0 radical (unpaired) electrons. The van der Waals surface area contributed by atoms with Crippen LogP contribution >= 0.6 is 0 Å². The molecule has 2 N–H and O–H groups in total. The van der Waals surface area contributed by atoms with Crippen molar-refractivity contribution in [2.24, 2.45) is 11.8 Å². The quantitative estimate of drug-likeness (QED) is 0.688. The summed E-state index contributed by atoms with van der Waals surface area (Å²) in [5, 5.41) is 18.5. The minimum absolute atomic E-state index is 0.0619. The highest BCUT2D eigenvalue weighted by atomic mass is 16.3. The lowest BCUT2D eigenvalue weighted by Crippen LogP contribution is -2.34. The Morgan fingerprint density at radius 1 is 1.41 bits per heavy atom. The van der Waals surface area contributed by atoms with Crippen LogP contribution < -0.4 is 0 Å². The van der Waals surface area contributed by atoms with Crippen LogP contribution in [0.1, 0.15) is 5.82 Å². The van der Waals surface area contributed by atoms with Crippen molar-refractivity contribution in [3.63, 3.8) is 0 Å². The van der Waals surface area contributed by atoms with E-state index in [0.717, 1.165) is 12.4 Å². The largest absolute Gasteiger partial charge is 0.396 e. The van der Waals surface area contributed by atoms with Crippen LogP contribution in [0.5, 0.6) is 0 Å². The van der Waals surface area contributed by atoms with Gasteiger partial charge < -0.3 is 24.6 Å². The first-order valence-corrected chi connectivity index (χ1v) is 7.71. The van der Waals surface area contributed by atoms with Crippen LogP contribution in [-0.4, -0.2) is 81.9 Å². The predicted molar refractivity (Wildman–Crippen MR) is 82.2 cm³/mol. The van der Waals surface area contributed by atoms with Crippen LogP contribution in [0.3, 0.4) is 0 Å². The molecule has 1 aromatic heterocycles. The number of carbonyl (C=O) groups excluding carboxylic acids is 1. The molecule has 124 valence electrons. The molecule has 2 rings (SSSR count). The number of amides is 1. The Bertz CT molecular complexity index is 491. The third-order valence-electron chi connectivity index (χ3n) is 4.42. The average molecular weight is 310 g/mol. The minimum Gasteiger partial charge on any atom is -0.396 e. The molecule has 2 heterocycles. The minimum atomic E-state index is 0.0619. The molecule has 0 aliphatic carbocycles. The summed E-state index contributed by atoms with van der Waals surface area (Å²) in [5.74, 6) is 1.24. The molecule has 0 spiro atoms. The molecule has 0 aromatic carbocycles. The average Bonchev–Trinajstić information content (AvgIpc) is 3.06. The number of aliphatic hydroxyl groups is 2. The van der Waals surface area contributed by atoms with Gasteiger partial charge in [-0.25, -0.2) is 4.98 Å². The number of likely N-dealkylation sites (N-methyl/N-ethyl adjacent to an activating group) is 1. The highest BCUT2D eigenvalue weighted by molar-refractivity contribution is 5.76. The van der Waals surface area contributed by atoms with Crippen LogP contribution in [0.25, 0.3) is 0 Å². The number of nitrogens with zero attached hydrogens (tertiary/aromatic N) is 4. The zero-order valence-corrected chi connectivity index (χ0v) is 13.4. The second kappa shape index (κ2) is 7.71. The summed E-state index contributed by atoms with van der Waals surface area (Å²) in [7, 11) is 1.95. The first kappa shape index (κ1) is 16.9. The highest BCUT2D eigenvalue weighted by Crippen LogP contribution is 2.24. The van der Waals surface area contributed by atoms with Crippen molar-refractivity contribution in [3.8, 4) is 0 Å². The second-order valence-corrected chi connectivity index (χ2v) is 6.09. The van der Waals surface area contributed by atoms with Gasteiger partial charge in [-0.15, -0.1) is 0 Å². The molecule has 1 aliphatic heterocycles. The number of aryl methyl sites for hydroxylation is 1. The Kier molecular flexibility index (Phi) is 5.93. The van der Waals surface area contributed by atoms with Gasteiger partial charge in [0.1, 0.15) is 12.4 Å². The van der Waals surface area contributed by atoms with Crippen LogP contribution in [0.2, 0.25) is 0 Å². The maximum absolute atomic E-state index is 12.4. The number of aliphatic hydroxyl groups excluding tert-OH is 2. The Balaban J connectivity index is 1.93. The lowest BCUT2D eigenvalue weighted by molar-refractivity contribution is -0.131. The second-order valence-electron chi connectivity index (χ2n) is 6.09. The van der Waals surface area contributed by atoms with Gasteiger partial charge in [0, 0.05) is 51.1 Å². The van der Waals surface area contributed by atoms with Gasteiger partial charge >= 0.3 is 0 Å². The van der Waals surface area contributed by atoms with E-state index in [9.17, 15) is 9.90 Å². The number of hydrogen-bond donors (Lipinski definition) is 2. The molecular formula is C15H26N4O3. The molecular weight excluding hydrogens is 284 g/mol. The van der Waals surface area contributed by atoms with Crippen molar-refractivity contribution in [1.29, 1.82) is 0 Å². The van der Waals surface area contributed by atoms with Crippen LogP contribution in [-0.2, 0) is 11.3 Å². The lowest BCUT2D eigenvalue weighted by Gasteiger charge is -2.23. The van der Waals surface area contributed by atoms with Crippen LogP contribution in [0, 0.1) is 18.8 Å². The molecule has 7 nitrogen and oxygen atoms in total. The summed E-state index contributed by atoms with van der Waals surface area (Å²) in [6.45, 7) is 5.02. The molecule has 0 bridgehead atoms. The van der Waals surface area contributed by atoms with Gasteiger partial charge in [-0.05, 0) is 19.9 Å². The molecule has 0 unspecified atom stereocenters. The fourth-order valence-corrected chi connectivity index (χ4v) is 3.03. The summed E-state index contributed by atoms with van der Waals surface area (Å²) in [6, 6.07) is 0. The molecule has 22 heavy (non-hydrogen) atoms. The number of hydrogen-bond acceptors (Lipinski definition) is 5. The van der Waals surface area contributed by atoms with E-state index in [4.69, 9.17) is 5.11 Å². The predicted octanol–water partition coefficient (Wildman–Crippen LogP) is -0.817. The van der Waals surface area contributed by atoms with E-state index in [1.165, 1.54) is 0 Å². The van der Waals surface area contributed by atoms with Gasteiger partial charge in [-0.2, -0.15) is 0 Å². The first-order valence-electron chi connectivity index (χ1n) is 7.71. The Morgan fingerprint density at radius 2 is 2.14 bits per heavy atom. The Morgan fingerprint density at radius 3 is 2.73 bits per heavy atom. The zero-order valence-electron chi connectivity index (χ0n) is 13.4. The standard InChI is InChI=1S/C15H26N4O3/c1-12-16-3-4-18(12)10-15(22)19-8-13(14(9-19)11-21)7-17(2)5-6-20/h3-4,13-14,20-21H,5-11H2,1-2H3/t13-,14-/m1/s1. The molecule has 1 aromatic rings. The first-order chi connectivity index (χ1) is 10.5. The summed E-state index contributed by atoms with van der Waals surface area (Å²) in [6.07, 6.45) is 3.50. The third-order valence-corrected chi connectivity index (χ3v) is 4.42. The van der Waals surface area contributed by atoms with E-state index < -0.39 is 0 Å². The number of imidazole rings is 1. The molecule has 1 saturated heterocycles. The van der Waals surface area contributed by atoms with Crippen molar-refractivity contribution in [3.05, 3.63) is 18.2 Å². The van der Waals surface area contributed by atoms with E-state index in [-0.39, 0.29) is 31.0 Å². The summed E-state index contributed by atoms with van der Waals surface area (Å²) >= 11 is 0. The van der Waals surface area contributed by atoms with Crippen molar-refractivity contribution in [1.82, 2.24) is 19.4 Å². The monoisotopic (exact) mass is 310 g/mol. The van der Waals surface area contributed by atoms with E-state index in [2.05, 4.69) is 4.98 Å². The smallest absolute Gasteiger partial charge is 0.242 e. The van der Waals surface area contributed by atoms with Crippen LogP contribution in [0.4, 0.5) is 0 Å². The van der Waals surface area contributed by atoms with Crippen molar-refractivity contribution in [2.45, 2.75) is 13.5 Å². The molecule has 2 atom stereocenters. The molecule has 1 aliphatic rings. The maximum atomic E-state index is 12.4. The number of rotatable bonds is 7. The molecule has 1 amide bonds. The summed E-state index contributed by atoms with van der Waals surface area (Å²) < 4.78 is 1.83. The molecule has 1 fully saturated rings. The summed E-state index contributed by atoms with van der Waals surface area (Å²) in [5.41, 5.74) is 0. The van der Waals surface area contributed by atoms with Gasteiger partial charge in [0.25, 0.3) is 0 Å².